The molecule has 3 aromatic rings. The van der Waals surface area contributed by atoms with Crippen LogP contribution >= 0.6 is 0 Å². The van der Waals surface area contributed by atoms with E-state index in [1.165, 1.54) is 25.1 Å². The molecule has 0 saturated carbocycles. The van der Waals surface area contributed by atoms with Crippen LogP contribution in [0.3, 0.4) is 0 Å². The maximum atomic E-state index is 14.2. The molecule has 198 valence electrons. The number of nitrogens with one attached hydrogen (secondary N) is 1. The summed E-state index contributed by atoms with van der Waals surface area (Å²) in [5.74, 6) is 10.1. The summed E-state index contributed by atoms with van der Waals surface area (Å²) >= 11 is 0. The molecular formula is C33H25NO6. The number of anilines is 1. The summed E-state index contributed by atoms with van der Waals surface area (Å²) in [6.07, 6.45) is 1.33. The third-order valence-corrected chi connectivity index (χ3v) is 8.75. The summed E-state index contributed by atoms with van der Waals surface area (Å²) in [7, 11) is 0. The summed E-state index contributed by atoms with van der Waals surface area (Å²) in [5, 5.41) is 38.4. The van der Waals surface area contributed by atoms with Gasteiger partial charge in [0.2, 0.25) is 0 Å². The predicted octanol–water partition coefficient (Wildman–Crippen LogP) is 3.27. The number of carbonyl (C=O) groups excluding carboxylic acids is 2. The van der Waals surface area contributed by atoms with Gasteiger partial charge in [-0.25, -0.2) is 0 Å². The fourth-order valence-corrected chi connectivity index (χ4v) is 6.78. The second kappa shape index (κ2) is 8.06. The average molecular weight is 532 g/mol. The van der Waals surface area contributed by atoms with Crippen LogP contribution in [0.25, 0.3) is 10.8 Å². The van der Waals surface area contributed by atoms with E-state index < -0.39 is 46.8 Å². The maximum absolute atomic E-state index is 14.2. The lowest BCUT2D eigenvalue weighted by Gasteiger charge is -2.37. The largest absolute Gasteiger partial charge is 0.507 e. The highest BCUT2D eigenvalue weighted by atomic mass is 16.7. The minimum absolute atomic E-state index is 0.0108. The summed E-state index contributed by atoms with van der Waals surface area (Å²) in [4.78, 5) is 28.1. The van der Waals surface area contributed by atoms with Crippen LogP contribution in [0.15, 0.2) is 42.5 Å². The molecule has 5 atom stereocenters. The molecule has 4 N–H and O–H groups in total. The van der Waals surface area contributed by atoms with Crippen LogP contribution in [-0.2, 0) is 16.8 Å². The lowest BCUT2D eigenvalue weighted by molar-refractivity contribution is 0.0867. The van der Waals surface area contributed by atoms with Gasteiger partial charge >= 0.3 is 0 Å². The van der Waals surface area contributed by atoms with Crippen LogP contribution in [0.4, 0.5) is 5.69 Å². The number of phenols is 1. The molecule has 0 unspecified atom stereocenters. The lowest BCUT2D eigenvalue weighted by Crippen LogP contribution is -2.54. The molecule has 2 heterocycles. The molecule has 7 heteroatoms. The summed E-state index contributed by atoms with van der Waals surface area (Å²) in [5.41, 5.74) is 0.0361. The van der Waals surface area contributed by atoms with Crippen molar-refractivity contribution in [3.05, 3.63) is 81.4 Å². The quantitative estimate of drug-likeness (QED) is 0.178. The number of aryl methyl sites for hydroxylation is 2. The Hall–Kier alpha value is -4.40. The number of phenolic OH excluding ortho intramolecular Hbond substituents is 1. The van der Waals surface area contributed by atoms with Gasteiger partial charge in [0, 0.05) is 16.7 Å². The van der Waals surface area contributed by atoms with Crippen LogP contribution in [0, 0.1) is 30.6 Å². The first-order chi connectivity index (χ1) is 19.2. The van der Waals surface area contributed by atoms with E-state index in [1.807, 2.05) is 19.1 Å². The Bertz CT molecular complexity index is 1880. The summed E-state index contributed by atoms with van der Waals surface area (Å²) in [6.45, 7) is 5.61. The molecule has 1 saturated heterocycles. The van der Waals surface area contributed by atoms with Gasteiger partial charge in [-0.15, -0.1) is 0 Å². The van der Waals surface area contributed by atoms with Gasteiger partial charge in [-0.2, -0.15) is 0 Å². The van der Waals surface area contributed by atoms with E-state index in [4.69, 9.17) is 4.74 Å². The minimum atomic E-state index is -1.59. The molecule has 0 radical (unpaired) electrons. The Balaban J connectivity index is 1.50. The standard InChI is InChI=1S/C33H25NO6/c1-4-18-12-20-14-22-21(13-19(20)11-16(18)2)30(38)27-24(36)15-23-29(28(27)31(22)39)34-25-9-7-5-6-8-10-26(37)33(23)32(25,40-33)17(3)35/h5-6,11-15,17,25-26,34-37H,4H2,1-3H3/b6-5-/t17-,25+,26-,32+,33+/m1/s1. The first kappa shape index (κ1) is 24.6. The van der Waals surface area contributed by atoms with Gasteiger partial charge in [0.25, 0.3) is 0 Å². The van der Waals surface area contributed by atoms with Gasteiger partial charge in [-0.05, 0) is 72.5 Å². The van der Waals surface area contributed by atoms with E-state index >= 15 is 0 Å². The molecule has 0 aromatic heterocycles. The van der Waals surface area contributed by atoms with Crippen molar-refractivity contribution in [1.29, 1.82) is 0 Å². The second-order valence-corrected chi connectivity index (χ2v) is 10.8. The Labute approximate surface area is 230 Å². The molecule has 0 spiro atoms. The average Bonchev–Trinajstić information content (AvgIpc) is 3.66. The molecule has 3 aromatic carbocycles. The maximum Gasteiger partial charge on any atom is 0.198 e. The number of allylic oxidation sites excluding steroid dienone is 2. The van der Waals surface area contributed by atoms with Gasteiger partial charge < -0.3 is 25.4 Å². The molecule has 2 aliphatic heterocycles. The van der Waals surface area contributed by atoms with Crippen LogP contribution in [0.2, 0.25) is 0 Å². The van der Waals surface area contributed by atoms with Gasteiger partial charge in [0.15, 0.2) is 28.9 Å². The normalized spacial score (nSPS) is 28.3. The smallest absolute Gasteiger partial charge is 0.198 e. The number of aliphatic hydroxyl groups excluding tert-OH is 2. The van der Waals surface area contributed by atoms with Crippen molar-refractivity contribution in [2.45, 2.75) is 56.6 Å². The van der Waals surface area contributed by atoms with E-state index in [9.17, 15) is 24.9 Å². The Morgan fingerprint density at radius 3 is 2.33 bits per heavy atom. The second-order valence-electron chi connectivity index (χ2n) is 10.8. The number of benzene rings is 3. The molecule has 40 heavy (non-hydrogen) atoms. The van der Waals surface area contributed by atoms with Crippen LogP contribution in [0.1, 0.15) is 62.4 Å². The highest BCUT2D eigenvalue weighted by molar-refractivity contribution is 6.32. The number of carbonyl (C=O) groups is 2. The van der Waals surface area contributed by atoms with E-state index in [2.05, 4.69) is 35.9 Å². The number of aliphatic hydroxyl groups is 2. The zero-order chi connectivity index (χ0) is 28.1. The summed E-state index contributed by atoms with van der Waals surface area (Å²) in [6, 6.07) is 7.95. The Morgan fingerprint density at radius 2 is 1.65 bits per heavy atom. The van der Waals surface area contributed by atoms with Gasteiger partial charge in [-0.3, -0.25) is 9.59 Å². The van der Waals surface area contributed by atoms with Gasteiger partial charge in [0.05, 0.1) is 22.9 Å². The molecule has 7 rings (SSSR count). The van der Waals surface area contributed by atoms with E-state index in [1.54, 1.807) is 12.1 Å². The van der Waals surface area contributed by atoms with Crippen molar-refractivity contribution in [2.75, 3.05) is 5.32 Å². The number of hydrogen-bond acceptors (Lipinski definition) is 7. The number of aromatic hydroxyl groups is 1. The first-order valence-corrected chi connectivity index (χ1v) is 13.2. The van der Waals surface area contributed by atoms with Crippen molar-refractivity contribution in [1.82, 2.24) is 0 Å². The molecule has 0 amide bonds. The first-order valence-electron chi connectivity index (χ1n) is 13.2. The van der Waals surface area contributed by atoms with E-state index in [0.29, 0.717) is 0 Å². The predicted molar refractivity (Wildman–Crippen MR) is 148 cm³/mol. The number of hydrogen-bond donors (Lipinski definition) is 4. The van der Waals surface area contributed by atoms with Crippen molar-refractivity contribution < 1.29 is 29.6 Å². The highest BCUT2D eigenvalue weighted by Gasteiger charge is 2.82. The topological polar surface area (TPSA) is 119 Å². The number of fused-ring (bicyclic) bond motifs is 5. The number of rotatable bonds is 2. The Morgan fingerprint density at radius 1 is 1.00 bits per heavy atom. The van der Waals surface area contributed by atoms with Gasteiger partial charge in [0.1, 0.15) is 11.8 Å². The van der Waals surface area contributed by atoms with Crippen molar-refractivity contribution in [3.8, 4) is 29.4 Å². The molecular weight excluding hydrogens is 506 g/mol. The molecule has 2 bridgehead atoms. The monoisotopic (exact) mass is 531 g/mol. The van der Waals surface area contributed by atoms with Crippen molar-refractivity contribution in [3.63, 3.8) is 0 Å². The van der Waals surface area contributed by atoms with Crippen molar-refractivity contribution in [2.24, 2.45) is 0 Å². The third-order valence-electron chi connectivity index (χ3n) is 8.75. The van der Waals surface area contributed by atoms with Gasteiger partial charge in [-0.1, -0.05) is 42.7 Å². The molecule has 7 nitrogen and oxygen atoms in total. The van der Waals surface area contributed by atoms with Crippen LogP contribution in [-0.4, -0.2) is 50.7 Å². The van der Waals surface area contributed by atoms with Crippen LogP contribution in [0.5, 0.6) is 5.75 Å². The highest BCUT2D eigenvalue weighted by Crippen LogP contribution is 2.67. The number of ketones is 2. The molecule has 4 aliphatic rings. The zero-order valence-electron chi connectivity index (χ0n) is 22.0. The van der Waals surface area contributed by atoms with Crippen molar-refractivity contribution >= 4 is 28.0 Å². The lowest BCUT2D eigenvalue weighted by atomic mass is 9.69. The number of epoxide rings is 1. The fourth-order valence-electron chi connectivity index (χ4n) is 6.78. The van der Waals surface area contributed by atoms with Crippen LogP contribution < -0.4 is 5.32 Å². The van der Waals surface area contributed by atoms with E-state index in [-0.39, 0.29) is 33.5 Å². The Kier molecular flexibility index (Phi) is 4.96. The zero-order valence-corrected chi connectivity index (χ0v) is 22.0. The minimum Gasteiger partial charge on any atom is -0.507 e. The SMILES string of the molecule is CCc1cc2cc3c(cc2cc1C)C(=O)c1c(O)cc2c(c1C3=O)N[C@H]1C#C/C=C\C#C[C@@H](O)[C@@]23O[C@@]13[C@@H](C)O. The summed E-state index contributed by atoms with van der Waals surface area (Å²) < 4.78 is 6.22. The molecule has 1 fully saturated rings. The third kappa shape index (κ3) is 2.87. The van der Waals surface area contributed by atoms with E-state index in [0.717, 1.165) is 28.3 Å². The fraction of sp³-hybridized carbons (Fsp3) is 0.273. The number of ether oxygens (including phenoxy) is 1. The molecule has 2 aliphatic carbocycles.